The predicted molar refractivity (Wildman–Crippen MR) is 88.5 cm³/mol. The van der Waals surface area contributed by atoms with E-state index in [0.29, 0.717) is 17.1 Å². The van der Waals surface area contributed by atoms with Gasteiger partial charge in [0.2, 0.25) is 11.8 Å². The first-order valence-electron chi connectivity index (χ1n) is 7.57. The van der Waals surface area contributed by atoms with E-state index < -0.39 is 5.92 Å². The molecule has 0 aliphatic carbocycles. The molecule has 124 valence electrons. The van der Waals surface area contributed by atoms with E-state index in [9.17, 15) is 14.0 Å². The molecule has 1 N–H and O–H groups in total. The van der Waals surface area contributed by atoms with E-state index in [0.717, 1.165) is 0 Å². The Hall–Kier alpha value is -2.89. The van der Waals surface area contributed by atoms with E-state index in [1.54, 1.807) is 31.4 Å². The molecule has 1 fully saturated rings. The minimum absolute atomic E-state index is 0.132. The molecule has 1 heterocycles. The van der Waals surface area contributed by atoms with Gasteiger partial charge in [0, 0.05) is 30.4 Å². The van der Waals surface area contributed by atoms with Crippen molar-refractivity contribution in [2.24, 2.45) is 5.92 Å². The molecule has 5 nitrogen and oxygen atoms in total. The molecule has 2 aromatic carbocycles. The Morgan fingerprint density at radius 1 is 1.25 bits per heavy atom. The third-order valence-electron chi connectivity index (χ3n) is 3.97. The van der Waals surface area contributed by atoms with Gasteiger partial charge in [-0.3, -0.25) is 9.59 Å². The zero-order valence-corrected chi connectivity index (χ0v) is 13.2. The van der Waals surface area contributed by atoms with Gasteiger partial charge in [0.1, 0.15) is 11.6 Å². The predicted octanol–water partition coefficient (Wildman–Crippen LogP) is 2.83. The average Bonchev–Trinajstić information content (AvgIpc) is 2.98. The van der Waals surface area contributed by atoms with Crippen LogP contribution in [0, 0.1) is 11.7 Å². The van der Waals surface area contributed by atoms with Crippen LogP contribution in [0.5, 0.6) is 5.75 Å². The molecule has 0 spiro atoms. The summed E-state index contributed by atoms with van der Waals surface area (Å²) in [6.07, 6.45) is 0.132. The van der Waals surface area contributed by atoms with Crippen molar-refractivity contribution in [1.29, 1.82) is 0 Å². The fourth-order valence-electron chi connectivity index (χ4n) is 2.70. The summed E-state index contributed by atoms with van der Waals surface area (Å²) in [6.45, 7) is 0.278. The first-order valence-corrected chi connectivity index (χ1v) is 7.57. The van der Waals surface area contributed by atoms with Crippen LogP contribution in [0.15, 0.2) is 48.5 Å². The number of carbonyl (C=O) groups is 2. The fourth-order valence-corrected chi connectivity index (χ4v) is 2.70. The van der Waals surface area contributed by atoms with Crippen molar-refractivity contribution in [3.05, 3.63) is 54.3 Å². The molecule has 6 heteroatoms. The Kier molecular flexibility index (Phi) is 4.46. The van der Waals surface area contributed by atoms with Crippen LogP contribution >= 0.6 is 0 Å². The Bertz CT molecular complexity index is 761. The standard InChI is InChI=1S/C18H17FN2O3/c1-24-16-4-2-3-14(10-16)20-18(23)12-9-17(22)21(11-12)15-7-5-13(19)6-8-15/h2-8,10,12H,9,11H2,1H3,(H,20,23)/t12-/m1/s1. The van der Waals surface area contributed by atoms with Gasteiger partial charge < -0.3 is 15.0 Å². The van der Waals surface area contributed by atoms with Crippen LogP contribution in [0.4, 0.5) is 15.8 Å². The van der Waals surface area contributed by atoms with Gasteiger partial charge in [0.15, 0.2) is 0 Å². The SMILES string of the molecule is COc1cccc(NC(=O)[C@@H]2CC(=O)N(c3ccc(F)cc3)C2)c1. The van der Waals surface area contributed by atoms with Crippen molar-refractivity contribution in [3.8, 4) is 5.75 Å². The van der Waals surface area contributed by atoms with Crippen LogP contribution in [0.25, 0.3) is 0 Å². The largest absolute Gasteiger partial charge is 0.497 e. The highest BCUT2D eigenvalue weighted by atomic mass is 19.1. The summed E-state index contributed by atoms with van der Waals surface area (Å²) in [7, 11) is 1.55. The van der Waals surface area contributed by atoms with Crippen molar-refractivity contribution in [2.45, 2.75) is 6.42 Å². The number of benzene rings is 2. The lowest BCUT2D eigenvalue weighted by Crippen LogP contribution is -2.28. The van der Waals surface area contributed by atoms with E-state index in [2.05, 4.69) is 5.32 Å². The molecule has 24 heavy (non-hydrogen) atoms. The number of halogens is 1. The summed E-state index contributed by atoms with van der Waals surface area (Å²) in [5.74, 6) is -0.539. The summed E-state index contributed by atoms with van der Waals surface area (Å²) in [6, 6.07) is 12.7. The summed E-state index contributed by atoms with van der Waals surface area (Å²) in [5, 5.41) is 2.80. The Morgan fingerprint density at radius 2 is 2.00 bits per heavy atom. The van der Waals surface area contributed by atoms with Crippen molar-refractivity contribution >= 4 is 23.2 Å². The first-order chi connectivity index (χ1) is 11.6. The smallest absolute Gasteiger partial charge is 0.229 e. The quantitative estimate of drug-likeness (QED) is 0.939. The highest BCUT2D eigenvalue weighted by Crippen LogP contribution is 2.26. The molecule has 1 aliphatic rings. The van der Waals surface area contributed by atoms with Crippen LogP contribution in [0.3, 0.4) is 0 Å². The van der Waals surface area contributed by atoms with E-state index >= 15 is 0 Å². The summed E-state index contributed by atoms with van der Waals surface area (Å²) >= 11 is 0. The maximum absolute atomic E-state index is 13.0. The zero-order chi connectivity index (χ0) is 17.1. The maximum atomic E-state index is 13.0. The van der Waals surface area contributed by atoms with E-state index in [4.69, 9.17) is 4.74 Å². The van der Waals surface area contributed by atoms with Gasteiger partial charge in [0.25, 0.3) is 0 Å². The number of anilines is 2. The highest BCUT2D eigenvalue weighted by Gasteiger charge is 2.35. The maximum Gasteiger partial charge on any atom is 0.229 e. The second-order valence-corrected chi connectivity index (χ2v) is 5.60. The summed E-state index contributed by atoms with van der Waals surface area (Å²) in [5.41, 5.74) is 1.21. The number of amides is 2. The fraction of sp³-hybridized carbons (Fsp3) is 0.222. The van der Waals surface area contributed by atoms with Crippen LogP contribution in [0.2, 0.25) is 0 Å². The molecule has 1 aliphatic heterocycles. The lowest BCUT2D eigenvalue weighted by atomic mass is 10.1. The molecule has 0 bridgehead atoms. The lowest BCUT2D eigenvalue weighted by Gasteiger charge is -2.16. The third kappa shape index (κ3) is 3.37. The van der Waals surface area contributed by atoms with Gasteiger partial charge in [-0.1, -0.05) is 6.07 Å². The number of hydrogen-bond donors (Lipinski definition) is 1. The van der Waals surface area contributed by atoms with E-state index in [-0.39, 0.29) is 30.6 Å². The molecule has 1 saturated heterocycles. The van der Waals surface area contributed by atoms with E-state index in [1.165, 1.54) is 29.2 Å². The van der Waals surface area contributed by atoms with Gasteiger partial charge in [-0.15, -0.1) is 0 Å². The molecular formula is C18H17FN2O3. The zero-order valence-electron chi connectivity index (χ0n) is 13.2. The minimum atomic E-state index is -0.450. The Labute approximate surface area is 139 Å². The Balaban J connectivity index is 1.68. The number of rotatable bonds is 4. The molecule has 0 saturated carbocycles. The molecular weight excluding hydrogens is 311 g/mol. The average molecular weight is 328 g/mol. The molecule has 1 atom stereocenters. The number of nitrogens with one attached hydrogen (secondary N) is 1. The molecule has 2 amide bonds. The van der Waals surface area contributed by atoms with Gasteiger partial charge in [-0.25, -0.2) is 4.39 Å². The van der Waals surface area contributed by atoms with Gasteiger partial charge in [-0.2, -0.15) is 0 Å². The van der Waals surface area contributed by atoms with Crippen molar-refractivity contribution in [1.82, 2.24) is 0 Å². The molecule has 2 aromatic rings. The summed E-state index contributed by atoms with van der Waals surface area (Å²) in [4.78, 5) is 26.1. The summed E-state index contributed by atoms with van der Waals surface area (Å²) < 4.78 is 18.1. The molecule has 0 radical (unpaired) electrons. The molecule has 3 rings (SSSR count). The highest BCUT2D eigenvalue weighted by molar-refractivity contribution is 6.03. The second kappa shape index (κ2) is 6.70. The Morgan fingerprint density at radius 3 is 2.71 bits per heavy atom. The van der Waals surface area contributed by atoms with Gasteiger partial charge >= 0.3 is 0 Å². The molecule has 0 unspecified atom stereocenters. The van der Waals surface area contributed by atoms with Crippen molar-refractivity contribution in [2.75, 3.05) is 23.9 Å². The monoisotopic (exact) mass is 328 g/mol. The third-order valence-corrected chi connectivity index (χ3v) is 3.97. The second-order valence-electron chi connectivity index (χ2n) is 5.60. The normalized spacial score (nSPS) is 17.0. The number of hydrogen-bond acceptors (Lipinski definition) is 3. The molecule has 0 aromatic heterocycles. The van der Waals surface area contributed by atoms with E-state index in [1.807, 2.05) is 0 Å². The van der Waals surface area contributed by atoms with Crippen LogP contribution < -0.4 is 15.0 Å². The first kappa shape index (κ1) is 16.0. The van der Waals surface area contributed by atoms with Gasteiger partial charge in [-0.05, 0) is 36.4 Å². The number of methoxy groups -OCH3 is 1. The number of ether oxygens (including phenoxy) is 1. The topological polar surface area (TPSA) is 58.6 Å². The number of carbonyl (C=O) groups excluding carboxylic acids is 2. The van der Waals surface area contributed by atoms with Crippen molar-refractivity contribution < 1.29 is 18.7 Å². The minimum Gasteiger partial charge on any atom is -0.497 e. The van der Waals surface area contributed by atoms with Crippen molar-refractivity contribution in [3.63, 3.8) is 0 Å². The number of nitrogens with zero attached hydrogens (tertiary/aromatic N) is 1. The van der Waals surface area contributed by atoms with Gasteiger partial charge in [0.05, 0.1) is 13.0 Å². The lowest BCUT2D eigenvalue weighted by molar-refractivity contribution is -0.122. The van der Waals surface area contributed by atoms with Crippen LogP contribution in [-0.4, -0.2) is 25.5 Å². The van der Waals surface area contributed by atoms with Crippen LogP contribution in [-0.2, 0) is 9.59 Å². The van der Waals surface area contributed by atoms with Crippen LogP contribution in [0.1, 0.15) is 6.42 Å².